The Kier molecular flexibility index (Phi) is 5.33. The van der Waals surface area contributed by atoms with Crippen molar-refractivity contribution in [2.24, 2.45) is 0 Å². The molecule has 0 atom stereocenters. The molecule has 2 N–H and O–H groups in total. The Morgan fingerprint density at radius 1 is 1.04 bits per heavy atom. The van der Waals surface area contributed by atoms with Crippen LogP contribution in [0.2, 0.25) is 0 Å². The molecule has 4 rings (SSSR count). The van der Waals surface area contributed by atoms with E-state index in [2.05, 4.69) is 57.4 Å². The SMILES string of the molecule is [C-]#[N+]c1ccc2c(C(=O)OC)n[nH]c2c1.[C-]#[N+]c1ccc2c(I)[nH]nc2c1. The number of H-pyrrole nitrogens is 2. The Morgan fingerprint density at radius 3 is 2.37 bits per heavy atom. The molecule has 0 radical (unpaired) electrons. The maximum atomic E-state index is 11.3. The number of rotatable bonds is 1. The average molecular weight is 470 g/mol. The van der Waals surface area contributed by atoms with Gasteiger partial charge in [0, 0.05) is 10.8 Å². The van der Waals surface area contributed by atoms with Crippen LogP contribution in [0.5, 0.6) is 0 Å². The molecule has 0 spiro atoms. The first-order valence-electron chi connectivity index (χ1n) is 7.52. The van der Waals surface area contributed by atoms with E-state index in [1.807, 2.05) is 6.07 Å². The molecule has 4 aromatic rings. The van der Waals surface area contributed by atoms with Gasteiger partial charge in [-0.1, -0.05) is 24.3 Å². The lowest BCUT2D eigenvalue weighted by Crippen LogP contribution is -2.01. The summed E-state index contributed by atoms with van der Waals surface area (Å²) in [6.45, 7) is 13.7. The van der Waals surface area contributed by atoms with E-state index in [1.54, 1.807) is 30.3 Å². The predicted molar refractivity (Wildman–Crippen MR) is 109 cm³/mol. The van der Waals surface area contributed by atoms with Gasteiger partial charge in [0.25, 0.3) is 0 Å². The van der Waals surface area contributed by atoms with Gasteiger partial charge in [-0.25, -0.2) is 14.5 Å². The second-order valence-electron chi connectivity index (χ2n) is 5.26. The average Bonchev–Trinajstić information content (AvgIpc) is 3.30. The highest BCUT2D eigenvalue weighted by Gasteiger charge is 2.14. The summed E-state index contributed by atoms with van der Waals surface area (Å²) < 4.78 is 5.59. The summed E-state index contributed by atoms with van der Waals surface area (Å²) in [5, 5.41) is 15.2. The molecule has 2 aromatic carbocycles. The summed E-state index contributed by atoms with van der Waals surface area (Å²) in [6, 6.07) is 10.4. The molecule has 0 unspecified atom stereocenters. The lowest BCUT2D eigenvalue weighted by Gasteiger charge is -1.94. The van der Waals surface area contributed by atoms with Crippen molar-refractivity contribution in [3.05, 3.63) is 68.6 Å². The van der Waals surface area contributed by atoms with Crippen molar-refractivity contribution in [1.29, 1.82) is 0 Å². The van der Waals surface area contributed by atoms with E-state index < -0.39 is 5.97 Å². The van der Waals surface area contributed by atoms with Gasteiger partial charge in [0.2, 0.25) is 0 Å². The fourth-order valence-corrected chi connectivity index (χ4v) is 2.94. The zero-order valence-corrected chi connectivity index (χ0v) is 16.1. The quantitative estimate of drug-likeness (QED) is 0.241. The first kappa shape index (κ1) is 18.4. The number of esters is 1. The molecular weight excluding hydrogens is 459 g/mol. The molecule has 0 aliphatic heterocycles. The number of methoxy groups -OCH3 is 1. The van der Waals surface area contributed by atoms with Crippen LogP contribution in [-0.4, -0.2) is 33.5 Å². The van der Waals surface area contributed by atoms with Crippen molar-refractivity contribution < 1.29 is 9.53 Å². The smallest absolute Gasteiger partial charge is 0.359 e. The Balaban J connectivity index is 0.000000159. The highest BCUT2D eigenvalue weighted by atomic mass is 127. The Morgan fingerprint density at radius 2 is 1.70 bits per heavy atom. The second-order valence-corrected chi connectivity index (χ2v) is 6.34. The molecule has 0 amide bonds. The number of ether oxygens (including phenoxy) is 1. The normalized spacial score (nSPS) is 9.93. The number of carbonyl (C=O) groups is 1. The third-order valence-corrected chi connectivity index (χ3v) is 4.50. The summed E-state index contributed by atoms with van der Waals surface area (Å²) >= 11 is 2.18. The van der Waals surface area contributed by atoms with Crippen molar-refractivity contribution >= 4 is 61.7 Å². The molecule has 0 aliphatic rings. The largest absolute Gasteiger partial charge is 0.464 e. The van der Waals surface area contributed by atoms with E-state index in [-0.39, 0.29) is 5.69 Å². The molecule has 132 valence electrons. The van der Waals surface area contributed by atoms with Crippen LogP contribution in [0, 0.1) is 16.8 Å². The molecule has 0 bridgehead atoms. The molecule has 0 saturated heterocycles. The van der Waals surface area contributed by atoms with Gasteiger partial charge in [0.05, 0.1) is 31.3 Å². The number of nitrogens with one attached hydrogen (secondary N) is 2. The molecule has 0 saturated carbocycles. The van der Waals surface area contributed by atoms with Crippen LogP contribution in [0.25, 0.3) is 31.5 Å². The highest BCUT2D eigenvalue weighted by Crippen LogP contribution is 2.23. The van der Waals surface area contributed by atoms with Gasteiger partial charge >= 0.3 is 5.97 Å². The van der Waals surface area contributed by atoms with Crippen LogP contribution >= 0.6 is 22.6 Å². The maximum absolute atomic E-state index is 11.3. The number of hydrogen-bond donors (Lipinski definition) is 2. The monoisotopic (exact) mass is 470 g/mol. The maximum Gasteiger partial charge on any atom is 0.359 e. The van der Waals surface area contributed by atoms with E-state index in [9.17, 15) is 4.79 Å². The molecule has 8 nitrogen and oxygen atoms in total. The fourth-order valence-electron chi connectivity index (χ4n) is 2.37. The number of aromatic amines is 2. The first-order chi connectivity index (χ1) is 13.1. The molecule has 0 fully saturated rings. The molecule has 27 heavy (non-hydrogen) atoms. The topological polar surface area (TPSA) is 92.4 Å². The highest BCUT2D eigenvalue weighted by molar-refractivity contribution is 14.1. The van der Waals surface area contributed by atoms with Crippen LogP contribution in [0.15, 0.2) is 36.4 Å². The van der Waals surface area contributed by atoms with E-state index in [4.69, 9.17) is 13.1 Å². The molecule has 0 aliphatic carbocycles. The number of hydrogen-bond acceptors (Lipinski definition) is 4. The number of aromatic nitrogens is 4. The third-order valence-electron chi connectivity index (χ3n) is 3.68. The van der Waals surface area contributed by atoms with Gasteiger partial charge in [-0.05, 0) is 34.7 Å². The van der Waals surface area contributed by atoms with Crippen molar-refractivity contribution in [2.75, 3.05) is 7.11 Å². The Bertz CT molecular complexity index is 1230. The van der Waals surface area contributed by atoms with E-state index in [1.165, 1.54) is 7.11 Å². The van der Waals surface area contributed by atoms with Crippen molar-refractivity contribution in [1.82, 2.24) is 20.4 Å². The molecule has 2 aromatic heterocycles. The summed E-state index contributed by atoms with van der Waals surface area (Å²) in [6.07, 6.45) is 0. The van der Waals surface area contributed by atoms with Crippen LogP contribution in [0.3, 0.4) is 0 Å². The van der Waals surface area contributed by atoms with E-state index in [0.29, 0.717) is 22.3 Å². The molecular formula is C18H11IN6O2. The predicted octanol–water partition coefficient (Wildman–Crippen LogP) is 4.62. The third kappa shape index (κ3) is 3.73. The lowest BCUT2D eigenvalue weighted by atomic mass is 10.2. The number of carbonyl (C=O) groups excluding carboxylic acids is 1. The zero-order chi connectivity index (χ0) is 19.4. The van der Waals surface area contributed by atoms with Crippen LogP contribution in [0.1, 0.15) is 10.5 Å². The number of benzene rings is 2. The molecule has 9 heteroatoms. The number of halogens is 1. The van der Waals surface area contributed by atoms with E-state index >= 15 is 0 Å². The van der Waals surface area contributed by atoms with Crippen LogP contribution < -0.4 is 0 Å². The Hall–Kier alpha value is -3.44. The lowest BCUT2D eigenvalue weighted by molar-refractivity contribution is 0.0596. The van der Waals surface area contributed by atoms with Gasteiger partial charge in [-0.15, -0.1) is 0 Å². The van der Waals surface area contributed by atoms with Gasteiger partial charge in [0.1, 0.15) is 3.70 Å². The van der Waals surface area contributed by atoms with Crippen LogP contribution in [-0.2, 0) is 4.74 Å². The number of fused-ring (bicyclic) bond motifs is 2. The molecule has 2 heterocycles. The number of nitrogens with zero attached hydrogens (tertiary/aromatic N) is 4. The van der Waals surface area contributed by atoms with E-state index in [0.717, 1.165) is 14.6 Å². The summed E-state index contributed by atoms with van der Waals surface area (Å²) in [7, 11) is 1.30. The minimum absolute atomic E-state index is 0.240. The minimum Gasteiger partial charge on any atom is -0.464 e. The standard InChI is InChI=1S/C10H7N3O2.C8H4IN3/c1-11-6-3-4-7-8(5-6)12-13-9(7)10(14)15-2;1-10-5-2-3-6-7(4-5)11-12-8(6)9/h3-5H,2H3,(H,12,13);2-4H,(H,11,12). The summed E-state index contributed by atoms with van der Waals surface area (Å²) in [4.78, 5) is 17.9. The first-order valence-corrected chi connectivity index (χ1v) is 8.60. The van der Waals surface area contributed by atoms with Crippen LogP contribution in [0.4, 0.5) is 11.4 Å². The second kappa shape index (κ2) is 7.85. The minimum atomic E-state index is -0.489. The Labute approximate surface area is 167 Å². The van der Waals surface area contributed by atoms with Gasteiger partial charge < -0.3 is 4.74 Å². The van der Waals surface area contributed by atoms with Crippen molar-refractivity contribution in [3.63, 3.8) is 0 Å². The van der Waals surface area contributed by atoms with Crippen molar-refractivity contribution in [2.45, 2.75) is 0 Å². The fraction of sp³-hybridized carbons (Fsp3) is 0.0556. The summed E-state index contributed by atoms with van der Waals surface area (Å²) in [5.41, 5.74) is 2.88. The van der Waals surface area contributed by atoms with Crippen molar-refractivity contribution in [3.8, 4) is 0 Å². The zero-order valence-electron chi connectivity index (χ0n) is 13.9. The van der Waals surface area contributed by atoms with Gasteiger partial charge in [-0.2, -0.15) is 10.2 Å². The van der Waals surface area contributed by atoms with Gasteiger partial charge in [0.15, 0.2) is 17.1 Å². The van der Waals surface area contributed by atoms with Gasteiger partial charge in [-0.3, -0.25) is 10.2 Å². The summed E-state index contributed by atoms with van der Waals surface area (Å²) in [5.74, 6) is -0.489.